The lowest BCUT2D eigenvalue weighted by Gasteiger charge is -2.11. The zero-order valence-corrected chi connectivity index (χ0v) is 14.1. The number of nitrogens with zero attached hydrogens (tertiary/aromatic N) is 2. The van der Waals surface area contributed by atoms with E-state index in [1.54, 1.807) is 19.2 Å². The molecule has 3 nitrogen and oxygen atoms in total. The van der Waals surface area contributed by atoms with Crippen molar-refractivity contribution in [3.63, 3.8) is 0 Å². The van der Waals surface area contributed by atoms with Gasteiger partial charge in [-0.2, -0.15) is 0 Å². The average molecular weight is 350 g/mol. The summed E-state index contributed by atoms with van der Waals surface area (Å²) in [4.78, 5) is 4.56. The van der Waals surface area contributed by atoms with E-state index in [2.05, 4.69) is 4.98 Å². The van der Waals surface area contributed by atoms with E-state index < -0.39 is 11.6 Å². The first-order valence-electron chi connectivity index (χ1n) is 8.20. The maximum Gasteiger partial charge on any atom is 0.169 e. The predicted molar refractivity (Wildman–Crippen MR) is 97.2 cm³/mol. The van der Waals surface area contributed by atoms with E-state index in [0.717, 1.165) is 17.1 Å². The van der Waals surface area contributed by atoms with Crippen LogP contribution in [0, 0.1) is 11.6 Å². The molecule has 0 saturated carbocycles. The maximum absolute atomic E-state index is 14.4. The van der Waals surface area contributed by atoms with Crippen molar-refractivity contribution in [3.8, 4) is 17.1 Å². The highest BCUT2D eigenvalue weighted by molar-refractivity contribution is 5.82. The first-order chi connectivity index (χ1) is 12.7. The second-order valence-corrected chi connectivity index (χ2v) is 5.96. The van der Waals surface area contributed by atoms with Crippen molar-refractivity contribution in [2.45, 2.75) is 6.54 Å². The first-order valence-corrected chi connectivity index (χ1v) is 8.20. The fraction of sp³-hybridized carbons (Fsp3) is 0.0952. The molecule has 0 spiro atoms. The molecule has 1 aromatic heterocycles. The Bertz CT molecular complexity index is 1070. The lowest BCUT2D eigenvalue weighted by atomic mass is 10.1. The van der Waals surface area contributed by atoms with Crippen molar-refractivity contribution in [1.82, 2.24) is 9.55 Å². The minimum atomic E-state index is -0.899. The van der Waals surface area contributed by atoms with E-state index in [4.69, 9.17) is 4.74 Å². The molecule has 0 N–H and O–H groups in total. The van der Waals surface area contributed by atoms with Crippen LogP contribution >= 0.6 is 0 Å². The van der Waals surface area contributed by atoms with Crippen molar-refractivity contribution in [2.24, 2.45) is 0 Å². The zero-order chi connectivity index (χ0) is 18.1. The maximum atomic E-state index is 14.4. The van der Waals surface area contributed by atoms with Gasteiger partial charge in [0.05, 0.1) is 23.7 Å². The number of halogens is 2. The molecule has 5 heteroatoms. The number of imidazole rings is 1. The molecule has 4 rings (SSSR count). The van der Waals surface area contributed by atoms with Gasteiger partial charge >= 0.3 is 0 Å². The molecule has 3 aromatic carbocycles. The topological polar surface area (TPSA) is 27.1 Å². The number of rotatable bonds is 4. The standard InChI is InChI=1S/C21H16F2N2O/c1-26-15-10-11-18-19(12-15)25(13-14-6-3-2-4-7-14)21(24-18)16-8-5-9-17(22)20(16)23/h2-12H,13H2,1H3. The van der Waals surface area contributed by atoms with Crippen molar-refractivity contribution < 1.29 is 13.5 Å². The number of hydrogen-bond donors (Lipinski definition) is 0. The molecule has 4 aromatic rings. The van der Waals surface area contributed by atoms with Crippen LogP contribution in [0.4, 0.5) is 8.78 Å². The third-order valence-corrected chi connectivity index (χ3v) is 4.33. The fourth-order valence-electron chi connectivity index (χ4n) is 3.04. The molecule has 0 saturated heterocycles. The average Bonchev–Trinajstić information content (AvgIpc) is 3.02. The summed E-state index contributed by atoms with van der Waals surface area (Å²) in [6.07, 6.45) is 0. The van der Waals surface area contributed by atoms with Gasteiger partial charge in [0.1, 0.15) is 11.6 Å². The number of hydrogen-bond acceptors (Lipinski definition) is 2. The molecule has 0 unspecified atom stereocenters. The summed E-state index contributed by atoms with van der Waals surface area (Å²) >= 11 is 0. The van der Waals surface area contributed by atoms with Crippen molar-refractivity contribution >= 4 is 11.0 Å². The molecular weight excluding hydrogens is 334 g/mol. The quantitative estimate of drug-likeness (QED) is 0.516. The van der Waals surface area contributed by atoms with Crippen molar-refractivity contribution in [2.75, 3.05) is 7.11 Å². The van der Waals surface area contributed by atoms with Crippen LogP contribution in [-0.2, 0) is 6.54 Å². The van der Waals surface area contributed by atoms with Crippen LogP contribution in [0.1, 0.15) is 5.56 Å². The molecular formula is C21H16F2N2O. The van der Waals surface area contributed by atoms with E-state index in [1.807, 2.05) is 47.0 Å². The van der Waals surface area contributed by atoms with Crippen LogP contribution in [0.15, 0.2) is 66.7 Å². The first kappa shape index (κ1) is 16.3. The summed E-state index contributed by atoms with van der Waals surface area (Å²) in [7, 11) is 1.59. The van der Waals surface area contributed by atoms with Gasteiger partial charge in [-0.15, -0.1) is 0 Å². The van der Waals surface area contributed by atoms with E-state index in [1.165, 1.54) is 6.07 Å². The molecule has 0 aliphatic rings. The van der Waals surface area contributed by atoms with Gasteiger partial charge in [-0.25, -0.2) is 13.8 Å². The molecule has 0 aliphatic carbocycles. The predicted octanol–water partition coefficient (Wildman–Crippen LogP) is 5.04. The molecule has 0 radical (unpaired) electrons. The van der Waals surface area contributed by atoms with Gasteiger partial charge < -0.3 is 9.30 Å². The molecule has 26 heavy (non-hydrogen) atoms. The monoisotopic (exact) mass is 350 g/mol. The van der Waals surface area contributed by atoms with Crippen LogP contribution in [0.25, 0.3) is 22.4 Å². The Morgan fingerprint density at radius 2 is 1.77 bits per heavy atom. The molecule has 0 bridgehead atoms. The normalized spacial score (nSPS) is 11.0. The summed E-state index contributed by atoms with van der Waals surface area (Å²) in [6, 6.07) is 19.4. The molecule has 1 heterocycles. The van der Waals surface area contributed by atoms with Crippen molar-refractivity contribution in [1.29, 1.82) is 0 Å². The van der Waals surface area contributed by atoms with Crippen LogP contribution in [0.5, 0.6) is 5.75 Å². The Morgan fingerprint density at radius 1 is 0.962 bits per heavy atom. The minimum Gasteiger partial charge on any atom is -0.497 e. The molecule has 0 fully saturated rings. The highest BCUT2D eigenvalue weighted by Crippen LogP contribution is 2.30. The fourth-order valence-corrected chi connectivity index (χ4v) is 3.04. The SMILES string of the molecule is COc1ccc2nc(-c3cccc(F)c3F)n(Cc3ccccc3)c2c1. The van der Waals surface area contributed by atoms with Crippen LogP contribution in [0.2, 0.25) is 0 Å². The van der Waals surface area contributed by atoms with E-state index in [9.17, 15) is 8.78 Å². The Labute approximate surface area is 149 Å². The summed E-state index contributed by atoms with van der Waals surface area (Å²) in [6.45, 7) is 0.482. The third kappa shape index (κ3) is 2.81. The van der Waals surface area contributed by atoms with Gasteiger partial charge in [0.2, 0.25) is 0 Å². The van der Waals surface area contributed by atoms with Gasteiger partial charge in [-0.1, -0.05) is 36.4 Å². The molecule has 0 amide bonds. The van der Waals surface area contributed by atoms with E-state index in [-0.39, 0.29) is 5.56 Å². The second-order valence-electron chi connectivity index (χ2n) is 5.96. The van der Waals surface area contributed by atoms with Crippen LogP contribution in [0.3, 0.4) is 0 Å². The Hall–Kier alpha value is -3.21. The summed E-state index contributed by atoms with van der Waals surface area (Å²) < 4.78 is 35.4. The summed E-state index contributed by atoms with van der Waals surface area (Å²) in [5.41, 5.74) is 2.66. The largest absolute Gasteiger partial charge is 0.497 e. The van der Waals surface area contributed by atoms with E-state index in [0.29, 0.717) is 23.6 Å². The van der Waals surface area contributed by atoms with Gasteiger partial charge in [0, 0.05) is 12.6 Å². The van der Waals surface area contributed by atoms with Gasteiger partial charge in [-0.3, -0.25) is 0 Å². The number of methoxy groups -OCH3 is 1. The highest BCUT2D eigenvalue weighted by Gasteiger charge is 2.18. The number of ether oxygens (including phenoxy) is 1. The Morgan fingerprint density at radius 3 is 2.54 bits per heavy atom. The minimum absolute atomic E-state index is 0.135. The molecule has 0 atom stereocenters. The van der Waals surface area contributed by atoms with Gasteiger partial charge in [-0.05, 0) is 29.8 Å². The Balaban J connectivity index is 1.96. The van der Waals surface area contributed by atoms with Gasteiger partial charge in [0.15, 0.2) is 11.6 Å². The zero-order valence-electron chi connectivity index (χ0n) is 14.1. The Kier molecular flexibility index (Phi) is 4.13. The number of aromatic nitrogens is 2. The highest BCUT2D eigenvalue weighted by atomic mass is 19.2. The van der Waals surface area contributed by atoms with E-state index >= 15 is 0 Å². The number of benzene rings is 3. The summed E-state index contributed by atoms with van der Waals surface area (Å²) in [5, 5.41) is 0. The number of fused-ring (bicyclic) bond motifs is 1. The van der Waals surface area contributed by atoms with Crippen molar-refractivity contribution in [3.05, 3.63) is 83.9 Å². The molecule has 130 valence electrons. The van der Waals surface area contributed by atoms with Crippen LogP contribution < -0.4 is 4.74 Å². The molecule has 0 aliphatic heterocycles. The third-order valence-electron chi connectivity index (χ3n) is 4.33. The van der Waals surface area contributed by atoms with Crippen LogP contribution in [-0.4, -0.2) is 16.7 Å². The van der Waals surface area contributed by atoms with Gasteiger partial charge in [0.25, 0.3) is 0 Å². The second kappa shape index (κ2) is 6.59. The lowest BCUT2D eigenvalue weighted by Crippen LogP contribution is -2.04. The smallest absolute Gasteiger partial charge is 0.169 e. The summed E-state index contributed by atoms with van der Waals surface area (Å²) in [5.74, 6) is -0.727. The lowest BCUT2D eigenvalue weighted by molar-refractivity contribution is 0.415.